The van der Waals surface area contributed by atoms with Gasteiger partial charge in [-0.2, -0.15) is 0 Å². The number of hydrogen-bond donors (Lipinski definition) is 0. The topological polar surface area (TPSA) is 0 Å². The maximum Gasteiger partial charge on any atom is 0.0879 e. The lowest BCUT2D eigenvalue weighted by Crippen LogP contribution is -2.70. The van der Waals surface area contributed by atoms with Gasteiger partial charge in [0.05, 0.1) is 7.59 Å². The molecule has 0 bridgehead atoms. The van der Waals surface area contributed by atoms with Gasteiger partial charge in [-0.1, -0.05) is 103 Å². The minimum absolute atomic E-state index is 0.349. The SMILES string of the molecule is CC[Si](CC)[Si](c1ccccc1)(C(C)(C)C)C(C)(C)C. The van der Waals surface area contributed by atoms with Crippen LogP contribution in [-0.2, 0) is 0 Å². The van der Waals surface area contributed by atoms with Crippen LogP contribution < -0.4 is 5.19 Å². The quantitative estimate of drug-likeness (QED) is 0.639. The second-order valence-corrected chi connectivity index (χ2v) is 20.0. The Kier molecular flexibility index (Phi) is 5.48. The Hall–Kier alpha value is -0.346. The molecule has 1 aromatic rings. The summed E-state index contributed by atoms with van der Waals surface area (Å²) >= 11 is 0. The highest BCUT2D eigenvalue weighted by atomic mass is 29.2. The van der Waals surface area contributed by atoms with E-state index in [9.17, 15) is 0 Å². The predicted molar refractivity (Wildman–Crippen MR) is 98.0 cm³/mol. The van der Waals surface area contributed by atoms with Gasteiger partial charge in [-0.15, -0.1) is 0 Å². The Morgan fingerprint density at radius 2 is 1.20 bits per heavy atom. The van der Waals surface area contributed by atoms with Crippen LogP contribution in [0.1, 0.15) is 55.4 Å². The standard InChI is InChI=1S/C18H33Si2/c1-9-19(10-2)20(17(3,4)5,18(6,7)8)16-14-12-11-13-15-16/h11-15H,9-10H2,1-8H3. The van der Waals surface area contributed by atoms with Crippen molar-refractivity contribution in [3.63, 3.8) is 0 Å². The van der Waals surface area contributed by atoms with Crippen LogP contribution in [0.25, 0.3) is 0 Å². The van der Waals surface area contributed by atoms with E-state index in [2.05, 4.69) is 85.7 Å². The number of benzene rings is 1. The summed E-state index contributed by atoms with van der Waals surface area (Å²) in [7, 11) is -1.95. The molecule has 0 unspecified atom stereocenters. The molecule has 0 aliphatic carbocycles. The first kappa shape index (κ1) is 17.7. The van der Waals surface area contributed by atoms with Gasteiger partial charge in [-0.3, -0.25) is 0 Å². The van der Waals surface area contributed by atoms with Gasteiger partial charge in [-0.05, 0) is 10.1 Å². The average molecular weight is 306 g/mol. The van der Waals surface area contributed by atoms with Gasteiger partial charge in [0.15, 0.2) is 0 Å². The minimum Gasteiger partial charge on any atom is -0.0682 e. The molecular formula is C18H33Si2. The summed E-state index contributed by atoms with van der Waals surface area (Å²) in [4.78, 5) is 0. The molecule has 0 aliphatic heterocycles. The molecule has 1 radical (unpaired) electrons. The van der Waals surface area contributed by atoms with Crippen molar-refractivity contribution in [2.24, 2.45) is 0 Å². The molecule has 0 saturated heterocycles. The molecule has 0 spiro atoms. The Balaban J connectivity index is 3.69. The summed E-state index contributed by atoms with van der Waals surface area (Å²) in [5, 5.41) is 2.51. The summed E-state index contributed by atoms with van der Waals surface area (Å²) < 4.78 is 0. The van der Waals surface area contributed by atoms with Gasteiger partial charge in [0.25, 0.3) is 0 Å². The molecule has 2 heteroatoms. The molecule has 113 valence electrons. The van der Waals surface area contributed by atoms with Crippen LogP contribution in [0.5, 0.6) is 0 Å². The van der Waals surface area contributed by atoms with E-state index in [1.165, 1.54) is 12.1 Å². The summed E-state index contributed by atoms with van der Waals surface area (Å²) in [6.07, 6.45) is 0. The van der Waals surface area contributed by atoms with Crippen LogP contribution in [0.2, 0.25) is 22.2 Å². The van der Waals surface area contributed by atoms with Crippen LogP contribution in [-0.4, -0.2) is 15.9 Å². The molecule has 0 N–H and O–H groups in total. The molecule has 0 heterocycles. The van der Waals surface area contributed by atoms with Crippen molar-refractivity contribution in [2.45, 2.75) is 77.6 Å². The van der Waals surface area contributed by atoms with Gasteiger partial charge < -0.3 is 0 Å². The molecule has 1 aromatic carbocycles. The van der Waals surface area contributed by atoms with Crippen LogP contribution in [0, 0.1) is 0 Å². The summed E-state index contributed by atoms with van der Waals surface area (Å²) in [6.45, 7) is 19.9. The molecule has 0 fully saturated rings. The van der Waals surface area contributed by atoms with E-state index in [0.717, 1.165) is 0 Å². The maximum atomic E-state index is 2.51. The van der Waals surface area contributed by atoms with E-state index >= 15 is 0 Å². The Morgan fingerprint density at radius 3 is 1.50 bits per heavy atom. The Morgan fingerprint density at radius 1 is 0.800 bits per heavy atom. The summed E-state index contributed by atoms with van der Waals surface area (Å²) in [5.41, 5.74) is 0. The van der Waals surface area contributed by atoms with E-state index in [0.29, 0.717) is 10.1 Å². The highest BCUT2D eigenvalue weighted by Crippen LogP contribution is 2.52. The van der Waals surface area contributed by atoms with Crippen LogP contribution in [0.4, 0.5) is 0 Å². The van der Waals surface area contributed by atoms with Crippen LogP contribution in [0.3, 0.4) is 0 Å². The van der Waals surface area contributed by atoms with E-state index in [1.54, 1.807) is 5.19 Å². The normalized spacial score (nSPS) is 13.8. The summed E-state index contributed by atoms with van der Waals surface area (Å²) in [5.74, 6) is 0. The lowest BCUT2D eigenvalue weighted by Gasteiger charge is -2.56. The van der Waals surface area contributed by atoms with Gasteiger partial charge in [-0.25, -0.2) is 0 Å². The monoisotopic (exact) mass is 305 g/mol. The average Bonchev–Trinajstić information content (AvgIpc) is 2.33. The zero-order valence-electron chi connectivity index (χ0n) is 14.8. The number of rotatable bonds is 4. The van der Waals surface area contributed by atoms with Gasteiger partial charge in [0.1, 0.15) is 0 Å². The lowest BCUT2D eigenvalue weighted by molar-refractivity contribution is 0.641. The molecule has 20 heavy (non-hydrogen) atoms. The molecular weight excluding hydrogens is 272 g/mol. The van der Waals surface area contributed by atoms with Gasteiger partial charge >= 0.3 is 0 Å². The first-order valence-corrected chi connectivity index (χ1v) is 12.9. The lowest BCUT2D eigenvalue weighted by atomic mass is 10.2. The van der Waals surface area contributed by atoms with Crippen molar-refractivity contribution in [2.75, 3.05) is 0 Å². The van der Waals surface area contributed by atoms with Crippen LogP contribution in [0.15, 0.2) is 30.3 Å². The largest absolute Gasteiger partial charge is 0.0879 e. The Bertz CT molecular complexity index is 391. The third kappa shape index (κ3) is 2.82. The third-order valence-electron chi connectivity index (χ3n) is 4.84. The molecule has 0 nitrogen and oxygen atoms in total. The molecule has 0 amide bonds. The smallest absolute Gasteiger partial charge is 0.0682 e. The van der Waals surface area contributed by atoms with Crippen molar-refractivity contribution in [1.82, 2.24) is 0 Å². The zero-order valence-corrected chi connectivity index (χ0v) is 16.8. The fraction of sp³-hybridized carbons (Fsp3) is 0.667. The van der Waals surface area contributed by atoms with Crippen molar-refractivity contribution >= 4 is 21.1 Å². The van der Waals surface area contributed by atoms with E-state index in [4.69, 9.17) is 0 Å². The molecule has 0 aromatic heterocycles. The van der Waals surface area contributed by atoms with Gasteiger partial charge in [0.2, 0.25) is 0 Å². The highest BCUT2D eigenvalue weighted by molar-refractivity contribution is 7.41. The second kappa shape index (κ2) is 6.19. The fourth-order valence-electron chi connectivity index (χ4n) is 4.72. The predicted octanol–water partition coefficient (Wildman–Crippen LogP) is 5.56. The third-order valence-corrected chi connectivity index (χ3v) is 24.0. The van der Waals surface area contributed by atoms with Crippen LogP contribution >= 0.6 is 0 Å². The van der Waals surface area contributed by atoms with E-state index in [-0.39, 0.29) is 8.31 Å². The minimum atomic E-state index is -1.60. The number of hydrogen-bond acceptors (Lipinski definition) is 0. The van der Waals surface area contributed by atoms with Crippen molar-refractivity contribution < 1.29 is 0 Å². The molecule has 1 rings (SSSR count). The first-order valence-electron chi connectivity index (χ1n) is 8.03. The summed E-state index contributed by atoms with van der Waals surface area (Å²) in [6, 6.07) is 14.3. The molecule has 0 saturated carbocycles. The first-order chi connectivity index (χ1) is 9.12. The Labute approximate surface area is 129 Å². The van der Waals surface area contributed by atoms with Gasteiger partial charge in [0, 0.05) is 8.31 Å². The van der Waals surface area contributed by atoms with E-state index in [1.807, 2.05) is 0 Å². The maximum absolute atomic E-state index is 2.51. The van der Waals surface area contributed by atoms with Crippen molar-refractivity contribution in [3.8, 4) is 0 Å². The zero-order chi connectivity index (χ0) is 15.6. The van der Waals surface area contributed by atoms with Crippen molar-refractivity contribution in [1.29, 1.82) is 0 Å². The second-order valence-electron chi connectivity index (χ2n) is 7.93. The fourth-order valence-corrected chi connectivity index (χ4v) is 24.8. The van der Waals surface area contributed by atoms with E-state index < -0.39 is 7.59 Å². The molecule has 0 aliphatic rings. The molecule has 0 atom stereocenters. The van der Waals surface area contributed by atoms with Crippen molar-refractivity contribution in [3.05, 3.63) is 30.3 Å². The highest BCUT2D eigenvalue weighted by Gasteiger charge is 2.57.